The van der Waals surface area contributed by atoms with Crippen molar-refractivity contribution in [1.29, 1.82) is 0 Å². The molecule has 0 aliphatic carbocycles. The number of carbonyl (C=O) groups excluding carboxylic acids is 1. The van der Waals surface area contributed by atoms with Crippen LogP contribution in [0.5, 0.6) is 0 Å². The number of hydrogen-bond acceptors (Lipinski definition) is 3. The summed E-state index contributed by atoms with van der Waals surface area (Å²) in [5, 5.41) is 2.95. The van der Waals surface area contributed by atoms with E-state index in [0.717, 1.165) is 13.1 Å². The lowest BCUT2D eigenvalue weighted by atomic mass is 10.0. The fraction of sp³-hybridized carbons (Fsp3) is 0.692. The number of likely N-dealkylation sites (tertiary alicyclic amines) is 1. The maximum Gasteiger partial charge on any atom is 0.269 e. The van der Waals surface area contributed by atoms with Gasteiger partial charge in [-0.05, 0) is 33.2 Å². The van der Waals surface area contributed by atoms with E-state index < -0.39 is 0 Å². The first-order valence-electron chi connectivity index (χ1n) is 6.50. The third-order valence-corrected chi connectivity index (χ3v) is 3.79. The lowest BCUT2D eigenvalue weighted by Crippen LogP contribution is -2.43. The fourth-order valence-corrected chi connectivity index (χ4v) is 2.55. The average molecular weight is 250 g/mol. The molecule has 1 amide bonds. The molecule has 0 aromatic carbocycles. The van der Waals surface area contributed by atoms with Crippen LogP contribution in [-0.2, 0) is 7.05 Å². The van der Waals surface area contributed by atoms with Crippen molar-refractivity contribution in [3.05, 3.63) is 18.2 Å². The van der Waals surface area contributed by atoms with Gasteiger partial charge >= 0.3 is 0 Å². The molecule has 5 heteroatoms. The van der Waals surface area contributed by atoms with Crippen LogP contribution in [0.1, 0.15) is 37.2 Å². The highest BCUT2D eigenvalue weighted by Crippen LogP contribution is 2.27. The normalized spacial score (nSPS) is 19.1. The van der Waals surface area contributed by atoms with E-state index in [1.54, 1.807) is 17.1 Å². The molecule has 1 aliphatic rings. The smallest absolute Gasteiger partial charge is 0.269 e. The summed E-state index contributed by atoms with van der Waals surface area (Å²) in [6, 6.07) is 0. The van der Waals surface area contributed by atoms with Gasteiger partial charge < -0.3 is 9.88 Å². The van der Waals surface area contributed by atoms with E-state index in [1.807, 2.05) is 7.05 Å². The van der Waals surface area contributed by atoms with Crippen molar-refractivity contribution in [2.24, 2.45) is 7.05 Å². The Balaban J connectivity index is 1.79. The van der Waals surface area contributed by atoms with Crippen molar-refractivity contribution in [2.45, 2.75) is 32.2 Å². The summed E-state index contributed by atoms with van der Waals surface area (Å²) in [7, 11) is 1.82. The van der Waals surface area contributed by atoms with Gasteiger partial charge in [0.1, 0.15) is 5.69 Å². The third-order valence-electron chi connectivity index (χ3n) is 3.79. The molecule has 1 fully saturated rings. The van der Waals surface area contributed by atoms with Gasteiger partial charge in [0.25, 0.3) is 5.91 Å². The highest BCUT2D eigenvalue weighted by atomic mass is 16.1. The second-order valence-corrected chi connectivity index (χ2v) is 5.55. The maximum absolute atomic E-state index is 11.9. The molecule has 0 radical (unpaired) electrons. The van der Waals surface area contributed by atoms with Gasteiger partial charge in [0.15, 0.2) is 0 Å². The molecule has 1 aromatic rings. The highest BCUT2D eigenvalue weighted by Gasteiger charge is 2.31. The summed E-state index contributed by atoms with van der Waals surface area (Å²) in [6.07, 6.45) is 5.72. The summed E-state index contributed by atoms with van der Waals surface area (Å²) < 4.78 is 1.73. The number of hydrogen-bond donors (Lipinski definition) is 1. The van der Waals surface area contributed by atoms with Gasteiger partial charge in [-0.1, -0.05) is 0 Å². The third kappa shape index (κ3) is 2.72. The molecule has 1 N–H and O–H groups in total. The van der Waals surface area contributed by atoms with Crippen LogP contribution in [0.3, 0.4) is 0 Å². The molecular weight excluding hydrogens is 228 g/mol. The number of nitrogens with one attached hydrogen (secondary N) is 1. The van der Waals surface area contributed by atoms with Gasteiger partial charge in [-0.2, -0.15) is 0 Å². The molecule has 1 aromatic heterocycles. The fourth-order valence-electron chi connectivity index (χ4n) is 2.55. The summed E-state index contributed by atoms with van der Waals surface area (Å²) >= 11 is 0. The van der Waals surface area contributed by atoms with Crippen LogP contribution in [0.25, 0.3) is 0 Å². The quantitative estimate of drug-likeness (QED) is 0.868. The van der Waals surface area contributed by atoms with E-state index in [4.69, 9.17) is 0 Å². The minimum atomic E-state index is -0.0491. The lowest BCUT2D eigenvalue weighted by Gasteiger charge is -2.31. The van der Waals surface area contributed by atoms with Crippen molar-refractivity contribution in [2.75, 3.05) is 19.6 Å². The van der Waals surface area contributed by atoms with Gasteiger partial charge in [-0.3, -0.25) is 9.69 Å². The molecule has 1 saturated heterocycles. The second kappa shape index (κ2) is 5.10. The van der Waals surface area contributed by atoms with Gasteiger partial charge in [0.05, 0.1) is 12.5 Å². The van der Waals surface area contributed by atoms with Crippen molar-refractivity contribution >= 4 is 5.91 Å². The second-order valence-electron chi connectivity index (χ2n) is 5.55. The Labute approximate surface area is 108 Å². The number of amides is 1. The highest BCUT2D eigenvalue weighted by molar-refractivity contribution is 5.92. The zero-order chi connectivity index (χ0) is 13.2. The van der Waals surface area contributed by atoms with Crippen LogP contribution in [-0.4, -0.2) is 45.5 Å². The van der Waals surface area contributed by atoms with Gasteiger partial charge in [0.2, 0.25) is 0 Å². The Morgan fingerprint density at radius 2 is 2.33 bits per heavy atom. The Hall–Kier alpha value is -1.36. The largest absolute Gasteiger partial charge is 0.349 e. The van der Waals surface area contributed by atoms with Crippen LogP contribution in [0.2, 0.25) is 0 Å². The molecule has 18 heavy (non-hydrogen) atoms. The summed E-state index contributed by atoms with van der Waals surface area (Å²) in [5.41, 5.74) is 0.882. The van der Waals surface area contributed by atoms with Crippen molar-refractivity contribution in [3.63, 3.8) is 0 Å². The Morgan fingerprint density at radius 1 is 1.56 bits per heavy atom. The lowest BCUT2D eigenvalue weighted by molar-refractivity contribution is 0.0932. The van der Waals surface area contributed by atoms with Crippen molar-refractivity contribution < 1.29 is 4.79 Å². The van der Waals surface area contributed by atoms with Gasteiger partial charge in [-0.25, -0.2) is 4.98 Å². The number of nitrogens with zero attached hydrogens (tertiary/aromatic N) is 3. The molecule has 100 valence electrons. The summed E-state index contributed by atoms with van der Waals surface area (Å²) in [6.45, 7) is 7.27. The molecule has 0 saturated carbocycles. The molecule has 2 rings (SSSR count). The van der Waals surface area contributed by atoms with Crippen molar-refractivity contribution in [3.8, 4) is 0 Å². The predicted octanol–water partition coefficient (Wildman–Crippen LogP) is 1.02. The van der Waals surface area contributed by atoms with Gasteiger partial charge in [-0.15, -0.1) is 0 Å². The molecular formula is C13H22N4O. The number of imidazole rings is 1. The molecule has 0 atom stereocenters. The first kappa shape index (κ1) is 13.1. The van der Waals surface area contributed by atoms with Crippen LogP contribution >= 0.6 is 0 Å². The number of aromatic nitrogens is 2. The van der Waals surface area contributed by atoms with Gasteiger partial charge in [0, 0.05) is 25.7 Å². The minimum absolute atomic E-state index is 0.0491. The molecule has 5 nitrogen and oxygen atoms in total. The topological polar surface area (TPSA) is 50.2 Å². The summed E-state index contributed by atoms with van der Waals surface area (Å²) in [4.78, 5) is 18.3. The first-order valence-corrected chi connectivity index (χ1v) is 6.50. The SMILES string of the molecule is Cn1cncc1C(=O)NCCN1CCCC1(C)C. The first-order chi connectivity index (χ1) is 8.50. The predicted molar refractivity (Wildman–Crippen MR) is 70.4 cm³/mol. The van der Waals surface area contributed by atoms with E-state index in [9.17, 15) is 4.79 Å². The van der Waals surface area contributed by atoms with Crippen molar-refractivity contribution in [1.82, 2.24) is 19.8 Å². The molecule has 0 bridgehead atoms. The molecule has 0 spiro atoms. The van der Waals surface area contributed by atoms with E-state index in [0.29, 0.717) is 12.2 Å². The maximum atomic E-state index is 11.9. The molecule has 2 heterocycles. The van der Waals surface area contributed by atoms with E-state index in [-0.39, 0.29) is 11.4 Å². The van der Waals surface area contributed by atoms with E-state index in [2.05, 4.69) is 29.0 Å². The standard InChI is InChI=1S/C13H22N4O/c1-13(2)5-4-7-17(13)8-6-15-12(18)11-9-14-10-16(11)3/h9-10H,4-8H2,1-3H3,(H,15,18). The Kier molecular flexibility index (Phi) is 3.71. The average Bonchev–Trinajstić information content (AvgIpc) is 2.85. The Morgan fingerprint density at radius 3 is 2.89 bits per heavy atom. The number of aryl methyl sites for hydroxylation is 1. The van der Waals surface area contributed by atoms with E-state index >= 15 is 0 Å². The van der Waals surface area contributed by atoms with Crippen LogP contribution in [0.4, 0.5) is 0 Å². The minimum Gasteiger partial charge on any atom is -0.349 e. The Bertz CT molecular complexity index is 424. The monoisotopic (exact) mass is 250 g/mol. The zero-order valence-corrected chi connectivity index (χ0v) is 11.4. The molecule has 0 unspecified atom stereocenters. The number of carbonyl (C=O) groups is 1. The van der Waals surface area contributed by atoms with Crippen LogP contribution in [0, 0.1) is 0 Å². The molecule has 1 aliphatic heterocycles. The van der Waals surface area contributed by atoms with Crippen LogP contribution < -0.4 is 5.32 Å². The summed E-state index contributed by atoms with van der Waals surface area (Å²) in [5.74, 6) is -0.0491. The number of rotatable bonds is 4. The zero-order valence-electron chi connectivity index (χ0n) is 11.4. The van der Waals surface area contributed by atoms with Crippen LogP contribution in [0.15, 0.2) is 12.5 Å². The van der Waals surface area contributed by atoms with E-state index in [1.165, 1.54) is 12.8 Å².